The van der Waals surface area contributed by atoms with Gasteiger partial charge in [0, 0.05) is 20.6 Å². The topological polar surface area (TPSA) is 54.1 Å². The van der Waals surface area contributed by atoms with Crippen molar-refractivity contribution in [2.45, 2.75) is 19.4 Å². The molecular formula is C15H24N4O. The van der Waals surface area contributed by atoms with Gasteiger partial charge >= 0.3 is 0 Å². The SMILES string of the molecule is CCC1COCCN1c1ccccc1N=C(N)N(C)C. The van der Waals surface area contributed by atoms with Crippen LogP contribution in [0.15, 0.2) is 29.3 Å². The molecule has 110 valence electrons. The molecule has 0 radical (unpaired) electrons. The quantitative estimate of drug-likeness (QED) is 0.676. The number of nitrogens with zero attached hydrogens (tertiary/aromatic N) is 3. The number of morpholine rings is 1. The molecule has 0 aromatic heterocycles. The fraction of sp³-hybridized carbons (Fsp3) is 0.533. The Morgan fingerprint density at radius 2 is 2.20 bits per heavy atom. The zero-order valence-corrected chi connectivity index (χ0v) is 12.5. The second-order valence-electron chi connectivity index (χ2n) is 5.18. The molecule has 1 atom stereocenters. The molecule has 5 heteroatoms. The van der Waals surface area contributed by atoms with E-state index in [0.29, 0.717) is 12.0 Å². The molecule has 1 fully saturated rings. The Labute approximate surface area is 121 Å². The van der Waals surface area contributed by atoms with Gasteiger partial charge in [-0.05, 0) is 18.6 Å². The largest absolute Gasteiger partial charge is 0.377 e. The third-order valence-electron chi connectivity index (χ3n) is 3.58. The number of anilines is 1. The highest BCUT2D eigenvalue weighted by Crippen LogP contribution is 2.31. The number of ether oxygens (including phenoxy) is 1. The monoisotopic (exact) mass is 276 g/mol. The van der Waals surface area contributed by atoms with Crippen LogP contribution in [0.4, 0.5) is 11.4 Å². The molecule has 0 bridgehead atoms. The minimum atomic E-state index is 0.403. The smallest absolute Gasteiger partial charge is 0.196 e. The fourth-order valence-corrected chi connectivity index (χ4v) is 2.34. The summed E-state index contributed by atoms with van der Waals surface area (Å²) in [5, 5.41) is 0. The molecule has 1 unspecified atom stereocenters. The van der Waals surface area contributed by atoms with E-state index >= 15 is 0 Å². The molecule has 2 N–H and O–H groups in total. The highest BCUT2D eigenvalue weighted by molar-refractivity contribution is 5.83. The summed E-state index contributed by atoms with van der Waals surface area (Å²) < 4.78 is 5.57. The second-order valence-corrected chi connectivity index (χ2v) is 5.18. The third kappa shape index (κ3) is 3.22. The first-order chi connectivity index (χ1) is 9.63. The van der Waals surface area contributed by atoms with Crippen LogP contribution in [0.1, 0.15) is 13.3 Å². The van der Waals surface area contributed by atoms with Crippen molar-refractivity contribution in [1.29, 1.82) is 0 Å². The van der Waals surface area contributed by atoms with Crippen LogP contribution in [0, 0.1) is 0 Å². The number of benzene rings is 1. The molecule has 1 heterocycles. The van der Waals surface area contributed by atoms with Gasteiger partial charge in [-0.1, -0.05) is 19.1 Å². The lowest BCUT2D eigenvalue weighted by atomic mass is 10.1. The Balaban J connectivity index is 2.34. The van der Waals surface area contributed by atoms with Gasteiger partial charge < -0.3 is 20.3 Å². The van der Waals surface area contributed by atoms with Crippen molar-refractivity contribution in [3.8, 4) is 0 Å². The van der Waals surface area contributed by atoms with E-state index in [0.717, 1.165) is 37.6 Å². The molecule has 20 heavy (non-hydrogen) atoms. The van der Waals surface area contributed by atoms with Gasteiger partial charge in [-0.15, -0.1) is 0 Å². The molecule has 0 spiro atoms. The number of nitrogens with two attached hydrogens (primary N) is 1. The molecular weight excluding hydrogens is 252 g/mol. The molecule has 0 amide bonds. The zero-order valence-electron chi connectivity index (χ0n) is 12.5. The number of para-hydroxylation sites is 2. The highest BCUT2D eigenvalue weighted by atomic mass is 16.5. The molecule has 1 aromatic rings. The number of hydrogen-bond acceptors (Lipinski definition) is 3. The van der Waals surface area contributed by atoms with Crippen molar-refractivity contribution in [1.82, 2.24) is 4.90 Å². The summed E-state index contributed by atoms with van der Waals surface area (Å²) in [5.41, 5.74) is 7.99. The average Bonchev–Trinajstić information content (AvgIpc) is 2.47. The first kappa shape index (κ1) is 14.7. The van der Waals surface area contributed by atoms with Crippen molar-refractivity contribution in [3.63, 3.8) is 0 Å². The van der Waals surface area contributed by atoms with Crippen LogP contribution in [0.5, 0.6) is 0 Å². The number of hydrogen-bond donors (Lipinski definition) is 1. The molecule has 0 saturated carbocycles. The van der Waals surface area contributed by atoms with Crippen LogP contribution >= 0.6 is 0 Å². The van der Waals surface area contributed by atoms with E-state index in [1.165, 1.54) is 0 Å². The van der Waals surface area contributed by atoms with E-state index in [1.807, 2.05) is 37.2 Å². The number of guanidine groups is 1. The van der Waals surface area contributed by atoms with Crippen molar-refractivity contribution < 1.29 is 4.74 Å². The molecule has 0 aliphatic carbocycles. The zero-order chi connectivity index (χ0) is 14.5. The standard InChI is InChI=1S/C15H24N4O/c1-4-12-11-20-10-9-19(12)14-8-6-5-7-13(14)17-15(16)18(2)3/h5-8,12H,4,9-11H2,1-3H3,(H2,16,17). The normalized spacial score (nSPS) is 20.1. The van der Waals surface area contributed by atoms with Gasteiger partial charge in [0.15, 0.2) is 5.96 Å². The summed E-state index contributed by atoms with van der Waals surface area (Å²) in [7, 11) is 3.79. The Morgan fingerprint density at radius 1 is 1.45 bits per heavy atom. The Kier molecular flexibility index (Phi) is 4.84. The van der Waals surface area contributed by atoms with Gasteiger partial charge in [-0.25, -0.2) is 4.99 Å². The van der Waals surface area contributed by atoms with E-state index in [9.17, 15) is 0 Å². The summed E-state index contributed by atoms with van der Waals surface area (Å²) >= 11 is 0. The van der Waals surface area contributed by atoms with Crippen LogP contribution in [-0.2, 0) is 4.74 Å². The number of rotatable bonds is 3. The third-order valence-corrected chi connectivity index (χ3v) is 3.58. The maximum Gasteiger partial charge on any atom is 0.196 e. The maximum absolute atomic E-state index is 5.95. The van der Waals surface area contributed by atoms with Crippen LogP contribution in [0.3, 0.4) is 0 Å². The average molecular weight is 276 g/mol. The van der Waals surface area contributed by atoms with Gasteiger partial charge in [0.05, 0.1) is 30.6 Å². The van der Waals surface area contributed by atoms with E-state index < -0.39 is 0 Å². The Morgan fingerprint density at radius 3 is 2.90 bits per heavy atom. The molecule has 1 aliphatic heterocycles. The van der Waals surface area contributed by atoms with Gasteiger partial charge in [-0.2, -0.15) is 0 Å². The Hall–Kier alpha value is -1.75. The minimum absolute atomic E-state index is 0.403. The first-order valence-corrected chi connectivity index (χ1v) is 7.08. The predicted octanol–water partition coefficient (Wildman–Crippen LogP) is 1.81. The van der Waals surface area contributed by atoms with E-state index in [4.69, 9.17) is 10.5 Å². The fourth-order valence-electron chi connectivity index (χ4n) is 2.34. The summed E-state index contributed by atoms with van der Waals surface area (Å²) in [6, 6.07) is 8.55. The van der Waals surface area contributed by atoms with Crippen LogP contribution in [-0.4, -0.2) is 50.8 Å². The van der Waals surface area contributed by atoms with Crippen molar-refractivity contribution in [2.24, 2.45) is 10.7 Å². The van der Waals surface area contributed by atoms with Gasteiger partial charge in [-0.3, -0.25) is 0 Å². The van der Waals surface area contributed by atoms with Crippen LogP contribution < -0.4 is 10.6 Å². The maximum atomic E-state index is 5.95. The summed E-state index contributed by atoms with van der Waals surface area (Å²) in [6.07, 6.45) is 1.06. The van der Waals surface area contributed by atoms with Crippen LogP contribution in [0.25, 0.3) is 0 Å². The first-order valence-electron chi connectivity index (χ1n) is 7.08. The number of aliphatic imine (C=N–C) groups is 1. The summed E-state index contributed by atoms with van der Waals surface area (Å²) in [6.45, 7) is 4.62. The molecule has 2 rings (SSSR count). The van der Waals surface area contributed by atoms with E-state index in [1.54, 1.807) is 0 Å². The van der Waals surface area contributed by atoms with E-state index in [-0.39, 0.29) is 0 Å². The minimum Gasteiger partial charge on any atom is -0.377 e. The molecule has 1 saturated heterocycles. The van der Waals surface area contributed by atoms with Crippen molar-refractivity contribution >= 4 is 17.3 Å². The predicted molar refractivity (Wildman–Crippen MR) is 83.7 cm³/mol. The van der Waals surface area contributed by atoms with Gasteiger partial charge in [0.1, 0.15) is 0 Å². The molecule has 1 aromatic carbocycles. The highest BCUT2D eigenvalue weighted by Gasteiger charge is 2.23. The van der Waals surface area contributed by atoms with Crippen LogP contribution in [0.2, 0.25) is 0 Å². The summed E-state index contributed by atoms with van der Waals surface area (Å²) in [4.78, 5) is 8.73. The lowest BCUT2D eigenvalue weighted by Crippen LogP contribution is -2.45. The Bertz CT molecular complexity index is 473. The molecule has 5 nitrogen and oxygen atoms in total. The van der Waals surface area contributed by atoms with Crippen molar-refractivity contribution in [2.75, 3.05) is 38.8 Å². The molecule has 1 aliphatic rings. The van der Waals surface area contributed by atoms with E-state index in [2.05, 4.69) is 22.9 Å². The van der Waals surface area contributed by atoms with Gasteiger partial charge in [0.25, 0.3) is 0 Å². The lowest BCUT2D eigenvalue weighted by molar-refractivity contribution is 0.0930. The lowest BCUT2D eigenvalue weighted by Gasteiger charge is -2.37. The summed E-state index contributed by atoms with van der Waals surface area (Å²) in [5.74, 6) is 0.513. The van der Waals surface area contributed by atoms with Gasteiger partial charge in [0.2, 0.25) is 0 Å². The second kappa shape index (κ2) is 6.61. The van der Waals surface area contributed by atoms with Crippen molar-refractivity contribution in [3.05, 3.63) is 24.3 Å².